The zero-order chi connectivity index (χ0) is 21.0. The minimum atomic E-state index is -1.10. The van der Waals surface area contributed by atoms with Crippen molar-refractivity contribution in [2.24, 2.45) is 0 Å². The number of phenolic OH excluding ortho intramolecular Hbond substituents is 1. The van der Waals surface area contributed by atoms with Gasteiger partial charge in [-0.25, -0.2) is 9.59 Å². The van der Waals surface area contributed by atoms with Crippen LogP contribution in [0.4, 0.5) is 10.5 Å². The second-order valence-corrected chi connectivity index (χ2v) is 8.02. The molecule has 0 radical (unpaired) electrons. The van der Waals surface area contributed by atoms with E-state index in [1.165, 1.54) is 12.1 Å². The quantitative estimate of drug-likeness (QED) is 0.455. The summed E-state index contributed by atoms with van der Waals surface area (Å²) in [6, 6.07) is 2.60. The van der Waals surface area contributed by atoms with Crippen molar-refractivity contribution in [3.05, 3.63) is 33.9 Å². The minimum absolute atomic E-state index is 0.0420. The van der Waals surface area contributed by atoms with Crippen molar-refractivity contribution in [1.29, 1.82) is 0 Å². The van der Waals surface area contributed by atoms with Crippen LogP contribution < -0.4 is 5.32 Å². The molecule has 1 atom stereocenters. The predicted octanol–water partition coefficient (Wildman–Crippen LogP) is 3.08. The SMILES string of the molecule is CC(C)(C)OC(=O)N[C@@H](Cc1ccc([N+](=O)[O-])c(O)c1)C(=O)OC(C)(C)C. The summed E-state index contributed by atoms with van der Waals surface area (Å²) in [6.07, 6.45) is -0.843. The number of ether oxygens (including phenoxy) is 2. The molecule has 0 saturated carbocycles. The van der Waals surface area contributed by atoms with Crippen molar-refractivity contribution in [3.63, 3.8) is 0 Å². The highest BCUT2D eigenvalue weighted by Gasteiger charge is 2.29. The highest BCUT2D eigenvalue weighted by Crippen LogP contribution is 2.27. The second-order valence-electron chi connectivity index (χ2n) is 8.02. The van der Waals surface area contributed by atoms with Gasteiger partial charge in [0.1, 0.15) is 17.2 Å². The fourth-order valence-electron chi connectivity index (χ4n) is 2.10. The lowest BCUT2D eigenvalue weighted by Crippen LogP contribution is -2.47. The summed E-state index contributed by atoms with van der Waals surface area (Å²) in [7, 11) is 0. The first-order chi connectivity index (χ1) is 12.2. The number of hydrogen-bond acceptors (Lipinski definition) is 7. The van der Waals surface area contributed by atoms with Gasteiger partial charge in [-0.3, -0.25) is 10.1 Å². The summed E-state index contributed by atoms with van der Waals surface area (Å²) in [5.41, 5.74) is -1.57. The summed E-state index contributed by atoms with van der Waals surface area (Å²) in [6.45, 7) is 10.1. The molecule has 9 nitrogen and oxygen atoms in total. The lowest BCUT2D eigenvalue weighted by Gasteiger charge is -2.26. The topological polar surface area (TPSA) is 128 Å². The number of rotatable bonds is 5. The monoisotopic (exact) mass is 382 g/mol. The van der Waals surface area contributed by atoms with E-state index in [-0.39, 0.29) is 6.42 Å². The van der Waals surface area contributed by atoms with Crippen molar-refractivity contribution in [3.8, 4) is 5.75 Å². The molecule has 1 aromatic carbocycles. The Kier molecular flexibility index (Phi) is 6.77. The zero-order valence-electron chi connectivity index (χ0n) is 16.4. The van der Waals surface area contributed by atoms with E-state index >= 15 is 0 Å². The van der Waals surface area contributed by atoms with Gasteiger partial charge in [-0.2, -0.15) is 0 Å². The molecule has 150 valence electrons. The first kappa shape index (κ1) is 22.2. The number of amides is 1. The third-order valence-electron chi connectivity index (χ3n) is 3.06. The van der Waals surface area contributed by atoms with Crippen molar-refractivity contribution in [2.75, 3.05) is 0 Å². The van der Waals surface area contributed by atoms with E-state index < -0.39 is 45.7 Å². The van der Waals surface area contributed by atoms with Gasteiger partial charge in [-0.15, -0.1) is 0 Å². The number of alkyl carbamates (subject to hydrolysis) is 1. The summed E-state index contributed by atoms with van der Waals surface area (Å²) in [5.74, 6) is -1.22. The molecule has 0 bridgehead atoms. The molecule has 1 aromatic rings. The molecule has 0 fully saturated rings. The number of carbonyl (C=O) groups is 2. The molecule has 0 unspecified atom stereocenters. The fraction of sp³-hybridized carbons (Fsp3) is 0.556. The molecule has 9 heteroatoms. The van der Waals surface area contributed by atoms with Crippen LogP contribution in [0.15, 0.2) is 18.2 Å². The average molecular weight is 382 g/mol. The van der Waals surface area contributed by atoms with Crippen LogP contribution in [0.25, 0.3) is 0 Å². The number of carbonyl (C=O) groups excluding carboxylic acids is 2. The number of nitro benzene ring substituents is 1. The van der Waals surface area contributed by atoms with Crippen molar-refractivity contribution < 1.29 is 29.1 Å². The van der Waals surface area contributed by atoms with Crippen molar-refractivity contribution in [2.45, 2.75) is 65.2 Å². The first-order valence-electron chi connectivity index (χ1n) is 8.36. The van der Waals surface area contributed by atoms with E-state index in [0.717, 1.165) is 6.07 Å². The molecular weight excluding hydrogens is 356 g/mol. The Bertz CT molecular complexity index is 717. The third-order valence-corrected chi connectivity index (χ3v) is 3.06. The Hall–Kier alpha value is -2.84. The maximum atomic E-state index is 12.5. The Morgan fingerprint density at radius 1 is 1.15 bits per heavy atom. The molecule has 0 saturated heterocycles. The highest BCUT2D eigenvalue weighted by atomic mass is 16.6. The molecule has 1 rings (SSSR count). The molecule has 0 aliphatic heterocycles. The van der Waals surface area contributed by atoms with Gasteiger partial charge in [0.25, 0.3) is 0 Å². The van der Waals surface area contributed by atoms with Crippen LogP contribution in [0.2, 0.25) is 0 Å². The number of aromatic hydroxyl groups is 1. The Morgan fingerprint density at radius 3 is 2.15 bits per heavy atom. The van der Waals surface area contributed by atoms with Crippen LogP contribution in [0.3, 0.4) is 0 Å². The van der Waals surface area contributed by atoms with Crippen molar-refractivity contribution in [1.82, 2.24) is 5.32 Å². The Morgan fingerprint density at radius 2 is 1.70 bits per heavy atom. The number of nitro groups is 1. The van der Waals surface area contributed by atoms with Gasteiger partial charge in [0, 0.05) is 12.5 Å². The summed E-state index contributed by atoms with van der Waals surface area (Å²) < 4.78 is 10.5. The summed E-state index contributed by atoms with van der Waals surface area (Å²) in [4.78, 5) is 34.6. The molecule has 0 heterocycles. The number of nitrogens with one attached hydrogen (secondary N) is 1. The van der Waals surface area contributed by atoms with E-state index in [9.17, 15) is 24.8 Å². The molecule has 2 N–H and O–H groups in total. The van der Waals surface area contributed by atoms with Crippen LogP contribution in [0.5, 0.6) is 5.75 Å². The molecular formula is C18H26N2O7. The molecule has 27 heavy (non-hydrogen) atoms. The van der Waals surface area contributed by atoms with E-state index in [2.05, 4.69) is 5.32 Å². The third kappa shape index (κ3) is 7.93. The number of benzene rings is 1. The van der Waals surface area contributed by atoms with Crippen LogP contribution in [-0.4, -0.2) is 39.3 Å². The Labute approximate surface area is 157 Å². The number of hydrogen-bond donors (Lipinski definition) is 2. The standard InChI is InChI=1S/C18H26N2O7/c1-17(2,3)26-15(22)12(19-16(23)27-18(4,5)6)9-11-7-8-13(20(24)25)14(21)10-11/h7-8,10,12,21H,9H2,1-6H3,(H,19,23)/t12-/m0/s1. The number of nitrogens with zero attached hydrogens (tertiary/aromatic N) is 1. The van der Waals surface area contributed by atoms with Gasteiger partial charge >= 0.3 is 17.7 Å². The van der Waals surface area contributed by atoms with E-state index in [1.54, 1.807) is 41.5 Å². The van der Waals surface area contributed by atoms with Gasteiger partial charge in [0.15, 0.2) is 5.75 Å². The van der Waals surface area contributed by atoms with Gasteiger partial charge in [-0.05, 0) is 53.2 Å². The first-order valence-corrected chi connectivity index (χ1v) is 8.36. The average Bonchev–Trinajstić information content (AvgIpc) is 2.42. The Balaban J connectivity index is 3.03. The molecule has 0 aromatic heterocycles. The van der Waals surface area contributed by atoms with Crippen LogP contribution in [0, 0.1) is 10.1 Å². The maximum Gasteiger partial charge on any atom is 0.408 e. The largest absolute Gasteiger partial charge is 0.502 e. The summed E-state index contributed by atoms with van der Waals surface area (Å²) in [5, 5.41) is 23.0. The molecule has 0 aliphatic rings. The van der Waals surface area contributed by atoms with E-state index in [4.69, 9.17) is 9.47 Å². The molecule has 0 spiro atoms. The zero-order valence-corrected chi connectivity index (χ0v) is 16.4. The fourth-order valence-corrected chi connectivity index (χ4v) is 2.10. The van der Waals surface area contributed by atoms with Crippen LogP contribution >= 0.6 is 0 Å². The minimum Gasteiger partial charge on any atom is -0.502 e. The van der Waals surface area contributed by atoms with Gasteiger partial charge in [0.2, 0.25) is 0 Å². The smallest absolute Gasteiger partial charge is 0.408 e. The molecule has 0 aliphatic carbocycles. The van der Waals surface area contributed by atoms with Gasteiger partial charge in [-0.1, -0.05) is 6.07 Å². The molecule has 1 amide bonds. The summed E-state index contributed by atoms with van der Waals surface area (Å²) >= 11 is 0. The maximum absolute atomic E-state index is 12.5. The van der Waals surface area contributed by atoms with Crippen LogP contribution in [0.1, 0.15) is 47.1 Å². The normalized spacial score (nSPS) is 12.8. The van der Waals surface area contributed by atoms with Gasteiger partial charge in [0.05, 0.1) is 4.92 Å². The number of esters is 1. The predicted molar refractivity (Wildman–Crippen MR) is 97.5 cm³/mol. The van der Waals surface area contributed by atoms with E-state index in [0.29, 0.717) is 5.56 Å². The number of phenols is 1. The van der Waals surface area contributed by atoms with Gasteiger partial charge < -0.3 is 19.9 Å². The van der Waals surface area contributed by atoms with E-state index in [1.807, 2.05) is 0 Å². The lowest BCUT2D eigenvalue weighted by atomic mass is 10.0. The highest BCUT2D eigenvalue weighted by molar-refractivity contribution is 5.82. The second kappa shape index (κ2) is 8.24. The van der Waals surface area contributed by atoms with Crippen molar-refractivity contribution >= 4 is 17.7 Å². The van der Waals surface area contributed by atoms with Crippen LogP contribution in [-0.2, 0) is 20.7 Å². The lowest BCUT2D eigenvalue weighted by molar-refractivity contribution is -0.385.